The molecule has 2 aromatic rings. The topological polar surface area (TPSA) is 94.2 Å². The zero-order valence-corrected chi connectivity index (χ0v) is 19.8. The first-order chi connectivity index (χ1) is 15.9. The minimum absolute atomic E-state index is 0.0868. The van der Waals surface area contributed by atoms with Crippen LogP contribution in [0.25, 0.3) is 0 Å². The van der Waals surface area contributed by atoms with Crippen molar-refractivity contribution in [2.24, 2.45) is 0 Å². The van der Waals surface area contributed by atoms with Crippen molar-refractivity contribution in [1.29, 1.82) is 0 Å². The third-order valence-corrected chi connectivity index (χ3v) is 7.93. The number of carbonyl (C=O) groups is 1. The van der Waals surface area contributed by atoms with Crippen LogP contribution in [-0.4, -0.2) is 58.1 Å². The molecule has 0 aromatic heterocycles. The Balaban J connectivity index is 1.49. The van der Waals surface area contributed by atoms with E-state index in [1.807, 2.05) is 12.1 Å². The zero-order chi connectivity index (χ0) is 23.4. The normalized spacial score (nSPS) is 17.6. The number of anilines is 1. The van der Waals surface area contributed by atoms with Crippen molar-refractivity contribution in [3.63, 3.8) is 0 Å². The van der Waals surface area contributed by atoms with E-state index in [1.165, 1.54) is 47.2 Å². The summed E-state index contributed by atoms with van der Waals surface area (Å²) in [5.41, 5.74) is 2.89. The van der Waals surface area contributed by atoms with Gasteiger partial charge in [0.25, 0.3) is 5.91 Å². The van der Waals surface area contributed by atoms with Crippen LogP contribution < -0.4 is 14.8 Å². The van der Waals surface area contributed by atoms with E-state index >= 15 is 0 Å². The van der Waals surface area contributed by atoms with Gasteiger partial charge in [-0.1, -0.05) is 6.07 Å². The number of amides is 1. The van der Waals surface area contributed by atoms with Crippen molar-refractivity contribution in [3.8, 4) is 11.5 Å². The lowest BCUT2D eigenvalue weighted by Crippen LogP contribution is -2.40. The van der Waals surface area contributed by atoms with Gasteiger partial charge in [0.05, 0.1) is 30.9 Å². The molecular formula is C24H30N2O6S. The third-order valence-electron chi connectivity index (χ3n) is 6.04. The number of aryl methyl sites for hydroxylation is 2. The SMILES string of the molecule is COc1ccc(S(=O)(=O)N2CCOCC2)cc1NC(=O)C(C)Oc1ccc2c(c1)CCCC2. The first kappa shape index (κ1) is 23.5. The highest BCUT2D eigenvalue weighted by atomic mass is 32.2. The molecule has 1 unspecified atom stereocenters. The van der Waals surface area contributed by atoms with E-state index in [9.17, 15) is 13.2 Å². The molecule has 0 saturated carbocycles. The lowest BCUT2D eigenvalue weighted by atomic mass is 9.92. The molecule has 0 bridgehead atoms. The Morgan fingerprint density at radius 2 is 1.79 bits per heavy atom. The molecule has 1 saturated heterocycles. The monoisotopic (exact) mass is 474 g/mol. The van der Waals surface area contributed by atoms with E-state index < -0.39 is 22.0 Å². The Hall–Kier alpha value is -2.62. The van der Waals surface area contributed by atoms with Crippen LogP contribution in [0.2, 0.25) is 0 Å². The number of methoxy groups -OCH3 is 1. The lowest BCUT2D eigenvalue weighted by Gasteiger charge is -2.26. The number of ether oxygens (including phenoxy) is 3. The van der Waals surface area contributed by atoms with E-state index in [0.29, 0.717) is 37.8 Å². The summed E-state index contributed by atoms with van der Waals surface area (Å²) in [5.74, 6) is 0.617. The maximum absolute atomic E-state index is 13.0. The summed E-state index contributed by atoms with van der Waals surface area (Å²) in [6.45, 7) is 2.96. The molecule has 9 heteroatoms. The van der Waals surface area contributed by atoms with Crippen molar-refractivity contribution in [1.82, 2.24) is 4.31 Å². The quantitative estimate of drug-likeness (QED) is 0.663. The molecule has 1 N–H and O–H groups in total. The van der Waals surface area contributed by atoms with Crippen molar-refractivity contribution in [2.45, 2.75) is 43.6 Å². The Bertz CT molecular complexity index is 1110. The first-order valence-corrected chi connectivity index (χ1v) is 12.7. The number of morpholine rings is 1. The van der Waals surface area contributed by atoms with Crippen molar-refractivity contribution in [3.05, 3.63) is 47.5 Å². The van der Waals surface area contributed by atoms with Gasteiger partial charge >= 0.3 is 0 Å². The number of rotatable bonds is 7. The average Bonchev–Trinajstić information content (AvgIpc) is 2.84. The van der Waals surface area contributed by atoms with Crippen LogP contribution in [0, 0.1) is 0 Å². The fraction of sp³-hybridized carbons (Fsp3) is 0.458. The number of nitrogens with zero attached hydrogens (tertiary/aromatic N) is 1. The molecule has 1 atom stereocenters. The second kappa shape index (κ2) is 10.1. The predicted molar refractivity (Wildman–Crippen MR) is 124 cm³/mol. The van der Waals surface area contributed by atoms with E-state index in [-0.39, 0.29) is 10.6 Å². The Kier molecular flexibility index (Phi) is 7.21. The van der Waals surface area contributed by atoms with E-state index in [4.69, 9.17) is 14.2 Å². The molecule has 0 spiro atoms. The van der Waals surface area contributed by atoms with Gasteiger partial charge < -0.3 is 19.5 Å². The second-order valence-electron chi connectivity index (χ2n) is 8.27. The fourth-order valence-corrected chi connectivity index (χ4v) is 5.59. The average molecular weight is 475 g/mol. The number of hydrogen-bond acceptors (Lipinski definition) is 6. The lowest BCUT2D eigenvalue weighted by molar-refractivity contribution is -0.122. The Morgan fingerprint density at radius 3 is 2.52 bits per heavy atom. The number of fused-ring (bicyclic) bond motifs is 1. The first-order valence-electron chi connectivity index (χ1n) is 11.2. The third kappa shape index (κ3) is 5.31. The maximum atomic E-state index is 13.0. The number of carbonyl (C=O) groups excluding carboxylic acids is 1. The van der Waals surface area contributed by atoms with E-state index in [0.717, 1.165) is 19.3 Å². The summed E-state index contributed by atoms with van der Waals surface area (Å²) in [7, 11) is -2.24. The summed E-state index contributed by atoms with van der Waals surface area (Å²) in [5, 5.41) is 2.76. The van der Waals surface area contributed by atoms with Gasteiger partial charge in [-0.15, -0.1) is 0 Å². The molecule has 8 nitrogen and oxygen atoms in total. The highest BCUT2D eigenvalue weighted by molar-refractivity contribution is 7.89. The molecule has 1 aliphatic carbocycles. The Labute approximate surface area is 194 Å². The number of benzene rings is 2. The van der Waals surface area contributed by atoms with E-state index in [2.05, 4.69) is 11.4 Å². The number of nitrogens with one attached hydrogen (secondary N) is 1. The summed E-state index contributed by atoms with van der Waals surface area (Å²) in [4.78, 5) is 13.0. The highest BCUT2D eigenvalue weighted by Gasteiger charge is 2.28. The summed E-state index contributed by atoms with van der Waals surface area (Å²) < 4.78 is 43.9. The minimum Gasteiger partial charge on any atom is -0.495 e. The van der Waals surface area contributed by atoms with Crippen LogP contribution in [0.4, 0.5) is 5.69 Å². The molecule has 1 heterocycles. The minimum atomic E-state index is -3.71. The van der Waals surface area contributed by atoms with Gasteiger partial charge in [-0.05, 0) is 74.1 Å². The van der Waals surface area contributed by atoms with Gasteiger partial charge in [0.1, 0.15) is 11.5 Å². The molecule has 33 heavy (non-hydrogen) atoms. The van der Waals surface area contributed by atoms with Crippen LogP contribution in [0.1, 0.15) is 30.9 Å². The predicted octanol–water partition coefficient (Wildman–Crippen LogP) is 3.00. The molecule has 0 radical (unpaired) electrons. The molecule has 2 aromatic carbocycles. The van der Waals surface area contributed by atoms with Crippen LogP contribution in [0.3, 0.4) is 0 Å². The van der Waals surface area contributed by atoms with Crippen molar-refractivity contribution in [2.75, 3.05) is 38.7 Å². The summed E-state index contributed by atoms with van der Waals surface area (Å²) >= 11 is 0. The molecule has 1 fully saturated rings. The van der Waals surface area contributed by atoms with Crippen LogP contribution >= 0.6 is 0 Å². The largest absolute Gasteiger partial charge is 0.495 e. The molecule has 4 rings (SSSR count). The van der Waals surface area contributed by atoms with Crippen LogP contribution in [0.15, 0.2) is 41.3 Å². The van der Waals surface area contributed by atoms with Gasteiger partial charge in [-0.25, -0.2) is 8.42 Å². The van der Waals surface area contributed by atoms with Crippen molar-refractivity contribution < 1.29 is 27.4 Å². The van der Waals surface area contributed by atoms with Gasteiger partial charge in [0.2, 0.25) is 10.0 Å². The maximum Gasteiger partial charge on any atom is 0.265 e. The molecule has 1 amide bonds. The van der Waals surface area contributed by atoms with Crippen LogP contribution in [0.5, 0.6) is 11.5 Å². The number of sulfonamides is 1. The summed E-state index contributed by atoms with van der Waals surface area (Å²) in [6, 6.07) is 10.4. The second-order valence-corrected chi connectivity index (χ2v) is 10.2. The molecule has 1 aliphatic heterocycles. The van der Waals surface area contributed by atoms with Crippen molar-refractivity contribution >= 4 is 21.6 Å². The fourth-order valence-electron chi connectivity index (χ4n) is 4.16. The molecule has 178 valence electrons. The standard InChI is InChI=1S/C24H30N2O6S/c1-17(32-20-8-7-18-5-3-4-6-19(18)15-20)24(27)25-22-16-21(9-10-23(22)30-2)33(28,29)26-11-13-31-14-12-26/h7-10,15-17H,3-6,11-14H2,1-2H3,(H,25,27). The highest BCUT2D eigenvalue weighted by Crippen LogP contribution is 2.30. The van der Waals surface area contributed by atoms with Crippen LogP contribution in [-0.2, 0) is 32.4 Å². The van der Waals surface area contributed by atoms with Gasteiger partial charge in [-0.2, -0.15) is 4.31 Å². The Morgan fingerprint density at radius 1 is 1.06 bits per heavy atom. The van der Waals surface area contributed by atoms with Gasteiger partial charge in [0.15, 0.2) is 6.10 Å². The van der Waals surface area contributed by atoms with E-state index in [1.54, 1.807) is 6.92 Å². The van der Waals surface area contributed by atoms with Gasteiger partial charge in [0, 0.05) is 13.1 Å². The summed E-state index contributed by atoms with van der Waals surface area (Å²) in [6.07, 6.45) is 3.68. The number of hydrogen-bond donors (Lipinski definition) is 1. The molecular weight excluding hydrogens is 444 g/mol. The zero-order valence-electron chi connectivity index (χ0n) is 19.0. The molecule has 2 aliphatic rings. The van der Waals surface area contributed by atoms with Gasteiger partial charge in [-0.3, -0.25) is 4.79 Å². The smallest absolute Gasteiger partial charge is 0.265 e.